The van der Waals surface area contributed by atoms with Gasteiger partial charge in [-0.05, 0) is 37.1 Å². The van der Waals surface area contributed by atoms with Crippen LogP contribution in [0.1, 0.15) is 39.2 Å². The quantitative estimate of drug-likeness (QED) is 0.646. The van der Waals surface area contributed by atoms with Crippen molar-refractivity contribution in [3.8, 4) is 0 Å². The van der Waals surface area contributed by atoms with Gasteiger partial charge in [-0.2, -0.15) is 0 Å². The zero-order valence-electron chi connectivity index (χ0n) is 14.6. The highest BCUT2D eigenvalue weighted by atomic mass is 35.5. The Morgan fingerprint density at radius 3 is 2.75 bits per heavy atom. The summed E-state index contributed by atoms with van der Waals surface area (Å²) in [6.45, 7) is 8.05. The highest BCUT2D eigenvalue weighted by molar-refractivity contribution is 8.00. The molecule has 0 heterocycles. The number of halogens is 1. The maximum absolute atomic E-state index is 10.9. The van der Waals surface area contributed by atoms with Gasteiger partial charge in [0.15, 0.2) is 0 Å². The maximum Gasteiger partial charge on any atom is 0.317 e. The Morgan fingerprint density at radius 1 is 1.46 bits per heavy atom. The van der Waals surface area contributed by atoms with Crippen LogP contribution in [0.5, 0.6) is 0 Å². The van der Waals surface area contributed by atoms with Crippen LogP contribution in [-0.4, -0.2) is 46.4 Å². The van der Waals surface area contributed by atoms with E-state index in [9.17, 15) is 4.79 Å². The predicted octanol–water partition coefficient (Wildman–Crippen LogP) is 3.87. The summed E-state index contributed by atoms with van der Waals surface area (Å²) in [7, 11) is 0. The molecule has 2 rings (SSSR count). The number of likely N-dealkylation sites (N-methyl/N-ethyl adjacent to an activating group) is 1. The minimum absolute atomic E-state index is 0.133. The summed E-state index contributed by atoms with van der Waals surface area (Å²) in [5.41, 5.74) is 1.17. The van der Waals surface area contributed by atoms with E-state index in [1.807, 2.05) is 35.7 Å². The molecule has 0 aromatic heterocycles. The fourth-order valence-electron chi connectivity index (χ4n) is 3.05. The molecule has 0 bridgehead atoms. The van der Waals surface area contributed by atoms with E-state index >= 15 is 0 Å². The molecule has 1 aromatic rings. The molecule has 6 heteroatoms. The van der Waals surface area contributed by atoms with Crippen molar-refractivity contribution in [3.05, 3.63) is 28.8 Å². The van der Waals surface area contributed by atoms with E-state index in [0.717, 1.165) is 31.0 Å². The molecule has 0 aliphatic heterocycles. The third-order valence-electron chi connectivity index (χ3n) is 4.38. The lowest BCUT2D eigenvalue weighted by Gasteiger charge is -2.42. The predicted molar refractivity (Wildman–Crippen MR) is 101 cm³/mol. The van der Waals surface area contributed by atoms with Gasteiger partial charge in [0, 0.05) is 33.8 Å². The van der Waals surface area contributed by atoms with Crippen LogP contribution >= 0.6 is 23.4 Å². The van der Waals surface area contributed by atoms with Crippen molar-refractivity contribution in [1.29, 1.82) is 0 Å². The number of rotatable bonds is 9. The molecule has 2 N–H and O–H groups in total. The first-order valence-electron chi connectivity index (χ1n) is 8.54. The van der Waals surface area contributed by atoms with Crippen LogP contribution in [0.15, 0.2) is 23.1 Å². The average Bonchev–Trinajstić information content (AvgIpc) is 2.45. The molecule has 1 aliphatic carbocycles. The van der Waals surface area contributed by atoms with Gasteiger partial charge in [0.05, 0.1) is 6.54 Å². The summed E-state index contributed by atoms with van der Waals surface area (Å²) in [4.78, 5) is 14.2. The van der Waals surface area contributed by atoms with Crippen molar-refractivity contribution >= 4 is 29.3 Å². The van der Waals surface area contributed by atoms with E-state index in [-0.39, 0.29) is 6.54 Å². The van der Waals surface area contributed by atoms with Gasteiger partial charge in [0.25, 0.3) is 0 Å². The highest BCUT2D eigenvalue weighted by Gasteiger charge is 2.33. The fraction of sp³-hybridized carbons (Fsp3) is 0.611. The first kappa shape index (κ1) is 19.6. The largest absolute Gasteiger partial charge is 0.480 e. The van der Waals surface area contributed by atoms with Gasteiger partial charge in [-0.25, -0.2) is 0 Å². The monoisotopic (exact) mass is 370 g/mol. The molecule has 0 unspecified atom stereocenters. The number of carbonyl (C=O) groups is 1. The Kier molecular flexibility index (Phi) is 7.41. The van der Waals surface area contributed by atoms with E-state index in [0.29, 0.717) is 17.3 Å². The Bertz CT molecular complexity index is 562. The van der Waals surface area contributed by atoms with Crippen LogP contribution in [0.2, 0.25) is 5.02 Å². The molecule has 1 aliphatic rings. The number of thioether (sulfide) groups is 1. The maximum atomic E-state index is 10.9. The molecule has 1 saturated carbocycles. The number of aliphatic carboxylic acids is 1. The molecule has 0 radical (unpaired) electrons. The van der Waals surface area contributed by atoms with Gasteiger partial charge >= 0.3 is 5.97 Å². The van der Waals surface area contributed by atoms with E-state index in [4.69, 9.17) is 16.7 Å². The number of nitrogens with zero attached hydrogens (tertiary/aromatic N) is 1. The zero-order chi connectivity index (χ0) is 17.7. The molecule has 24 heavy (non-hydrogen) atoms. The second-order valence-electron chi connectivity index (χ2n) is 6.54. The minimum atomic E-state index is -0.750. The highest BCUT2D eigenvalue weighted by Crippen LogP contribution is 2.32. The van der Waals surface area contributed by atoms with Crippen molar-refractivity contribution in [2.24, 2.45) is 0 Å². The summed E-state index contributed by atoms with van der Waals surface area (Å²) in [5, 5.41) is 13.9. The summed E-state index contributed by atoms with van der Waals surface area (Å²) < 4.78 is 0. The zero-order valence-corrected chi connectivity index (χ0v) is 16.2. The van der Waals surface area contributed by atoms with Crippen molar-refractivity contribution < 1.29 is 9.90 Å². The normalized spacial score (nSPS) is 20.4. The molecule has 4 nitrogen and oxygen atoms in total. The molecule has 1 aromatic carbocycles. The second-order valence-corrected chi connectivity index (χ2v) is 8.57. The number of benzene rings is 1. The van der Waals surface area contributed by atoms with Crippen LogP contribution in [0.25, 0.3) is 0 Å². The topological polar surface area (TPSA) is 52.6 Å². The Balaban J connectivity index is 1.86. The van der Waals surface area contributed by atoms with Crippen LogP contribution in [0.3, 0.4) is 0 Å². The molecular formula is C18H27ClN2O2S. The summed E-state index contributed by atoms with van der Waals surface area (Å²) in [6, 6.07) is 6.88. The van der Waals surface area contributed by atoms with Crippen molar-refractivity contribution in [2.75, 3.05) is 13.1 Å². The summed E-state index contributed by atoms with van der Waals surface area (Å²) in [5.74, 6) is -0.750. The number of hydrogen-bond donors (Lipinski definition) is 2. The Labute approximate surface area is 153 Å². The summed E-state index contributed by atoms with van der Waals surface area (Å²) in [6.07, 6.45) is 2.00. The standard InChI is InChI=1S/C18H27ClN2O2S/c1-4-21(11-18(22)23)14-8-13(9-14)20-10-15-16(19)6-5-7-17(15)24-12(2)3/h5-7,12-14,20H,4,8-11H2,1-3H3,(H,22,23). The third-order valence-corrected chi connectivity index (χ3v) is 5.84. The minimum Gasteiger partial charge on any atom is -0.480 e. The second kappa shape index (κ2) is 9.09. The smallest absolute Gasteiger partial charge is 0.317 e. The molecule has 0 saturated heterocycles. The average molecular weight is 371 g/mol. The number of carboxylic acids is 1. The van der Waals surface area contributed by atoms with E-state index in [2.05, 4.69) is 25.2 Å². The lowest BCUT2D eigenvalue weighted by molar-refractivity contribution is -0.139. The lowest BCUT2D eigenvalue weighted by Crippen LogP contribution is -2.53. The first-order valence-corrected chi connectivity index (χ1v) is 9.79. The van der Waals surface area contributed by atoms with Crippen LogP contribution in [0, 0.1) is 0 Å². The third kappa shape index (κ3) is 5.38. The van der Waals surface area contributed by atoms with Gasteiger partial charge in [-0.3, -0.25) is 9.69 Å². The first-order chi connectivity index (χ1) is 11.4. The molecular weight excluding hydrogens is 344 g/mol. The molecule has 0 spiro atoms. The van der Waals surface area contributed by atoms with Crippen LogP contribution in [-0.2, 0) is 11.3 Å². The van der Waals surface area contributed by atoms with E-state index in [1.54, 1.807) is 0 Å². The van der Waals surface area contributed by atoms with Gasteiger partial charge in [0.1, 0.15) is 0 Å². The van der Waals surface area contributed by atoms with Gasteiger partial charge < -0.3 is 10.4 Å². The molecule has 0 amide bonds. The van der Waals surface area contributed by atoms with Crippen molar-refractivity contribution in [3.63, 3.8) is 0 Å². The van der Waals surface area contributed by atoms with E-state index in [1.165, 1.54) is 10.5 Å². The Hall–Kier alpha value is -0.750. The van der Waals surface area contributed by atoms with E-state index < -0.39 is 5.97 Å². The SMILES string of the molecule is CCN(CC(=O)O)C1CC(NCc2c(Cl)cccc2SC(C)C)C1. The van der Waals surface area contributed by atoms with Gasteiger partial charge in [0.2, 0.25) is 0 Å². The van der Waals surface area contributed by atoms with Crippen LogP contribution < -0.4 is 5.32 Å². The number of hydrogen-bond acceptors (Lipinski definition) is 4. The summed E-state index contributed by atoms with van der Waals surface area (Å²) >= 11 is 8.22. The molecule has 0 atom stereocenters. The number of nitrogens with one attached hydrogen (secondary N) is 1. The van der Waals surface area contributed by atoms with Crippen molar-refractivity contribution in [1.82, 2.24) is 10.2 Å². The lowest BCUT2D eigenvalue weighted by atomic mass is 9.85. The Morgan fingerprint density at radius 2 is 2.17 bits per heavy atom. The molecule has 1 fully saturated rings. The van der Waals surface area contributed by atoms with Gasteiger partial charge in [-0.15, -0.1) is 11.8 Å². The number of carboxylic acid groups (broad SMARTS) is 1. The van der Waals surface area contributed by atoms with Crippen LogP contribution in [0.4, 0.5) is 0 Å². The fourth-order valence-corrected chi connectivity index (χ4v) is 4.33. The molecule has 134 valence electrons. The van der Waals surface area contributed by atoms with Crippen molar-refractivity contribution in [2.45, 2.75) is 62.4 Å². The van der Waals surface area contributed by atoms with Gasteiger partial charge in [-0.1, -0.05) is 38.4 Å².